The topological polar surface area (TPSA) is 0 Å². The van der Waals surface area contributed by atoms with Gasteiger partial charge in [-0.25, -0.2) is 0 Å². The first kappa shape index (κ1) is 11.8. The van der Waals surface area contributed by atoms with Crippen molar-refractivity contribution in [2.75, 3.05) is 0 Å². The van der Waals surface area contributed by atoms with Crippen LogP contribution >= 0.6 is 0 Å². The quantitative estimate of drug-likeness (QED) is 0.611. The van der Waals surface area contributed by atoms with Crippen LogP contribution in [0.3, 0.4) is 0 Å². The van der Waals surface area contributed by atoms with E-state index in [-0.39, 0.29) is 29.6 Å². The number of fused-ring (bicyclic) bond motifs is 1. The molecule has 0 saturated carbocycles. The van der Waals surface area contributed by atoms with Gasteiger partial charge in [-0.1, -0.05) is 56.3 Å². The first-order valence-corrected chi connectivity index (χ1v) is 4.76. The Morgan fingerprint density at radius 3 is 2.21 bits per heavy atom. The first-order valence-electron chi connectivity index (χ1n) is 4.76. The van der Waals surface area contributed by atoms with E-state index in [0.717, 1.165) is 0 Å². The average molecular weight is 194 g/mol. The summed E-state index contributed by atoms with van der Waals surface area (Å²) in [4.78, 5) is 0. The number of hydrogen-bond acceptors (Lipinski definition) is 0. The monoisotopic (exact) mass is 194 g/mol. The molecule has 2 rings (SSSR count). The van der Waals surface area contributed by atoms with Crippen LogP contribution in [-0.2, 0) is 0 Å². The maximum absolute atomic E-state index is 2.24. The zero-order chi connectivity index (χ0) is 9.26. The van der Waals surface area contributed by atoms with E-state index in [4.69, 9.17) is 0 Å². The fraction of sp³-hybridized carbons (Fsp3) is 0.231. The third kappa shape index (κ3) is 2.20. The molecule has 0 radical (unpaired) electrons. The van der Waals surface area contributed by atoms with Crippen molar-refractivity contribution in [3.05, 3.63) is 48.0 Å². The van der Waals surface area contributed by atoms with Crippen molar-refractivity contribution in [1.82, 2.24) is 0 Å². The Balaban J connectivity index is 0.000000980. The van der Waals surface area contributed by atoms with Gasteiger partial charge in [-0.05, 0) is 22.3 Å². The summed E-state index contributed by atoms with van der Waals surface area (Å²) in [7, 11) is 0. The van der Waals surface area contributed by atoms with E-state index in [1.165, 1.54) is 16.3 Å². The molecule has 0 spiro atoms. The molecule has 0 fully saturated rings. The number of benzene rings is 2. The number of hydrogen-bond donors (Lipinski definition) is 0. The van der Waals surface area contributed by atoms with Crippen molar-refractivity contribution in [3.63, 3.8) is 0 Å². The molecule has 0 bridgehead atoms. The molecule has 0 N–H and O–H groups in total. The van der Waals surface area contributed by atoms with Crippen LogP contribution in [0.5, 0.6) is 0 Å². The molecular formula is C13H15Na. The molecule has 0 aromatic heterocycles. The van der Waals surface area contributed by atoms with Gasteiger partial charge in [0.2, 0.25) is 0 Å². The molecule has 0 aliphatic heterocycles. The fourth-order valence-corrected chi connectivity index (χ4v) is 1.75. The minimum absolute atomic E-state index is 0. The molecule has 0 aliphatic carbocycles. The molecule has 68 valence electrons. The fourth-order valence-electron chi connectivity index (χ4n) is 1.75. The Hall–Kier alpha value is -0.300. The third-order valence-corrected chi connectivity index (χ3v) is 2.45. The molecule has 2 aromatic carbocycles. The summed E-state index contributed by atoms with van der Waals surface area (Å²) >= 11 is 0. The minimum atomic E-state index is 0. The van der Waals surface area contributed by atoms with Crippen molar-refractivity contribution in [2.45, 2.75) is 19.8 Å². The van der Waals surface area contributed by atoms with Gasteiger partial charge in [0.25, 0.3) is 0 Å². The van der Waals surface area contributed by atoms with Crippen LogP contribution in [0.2, 0.25) is 0 Å². The van der Waals surface area contributed by atoms with E-state index in [2.05, 4.69) is 56.3 Å². The van der Waals surface area contributed by atoms with Crippen LogP contribution in [0.25, 0.3) is 10.8 Å². The Morgan fingerprint density at radius 2 is 1.50 bits per heavy atom. The molecule has 0 aliphatic rings. The first-order chi connectivity index (χ1) is 6.29. The van der Waals surface area contributed by atoms with Crippen molar-refractivity contribution in [3.8, 4) is 0 Å². The molecule has 0 amide bonds. The summed E-state index contributed by atoms with van der Waals surface area (Å²) in [5.74, 6) is 0.603. The Bertz CT molecular complexity index is 413. The predicted octanol–water partition coefficient (Wildman–Crippen LogP) is 3.31. The predicted molar refractivity (Wildman–Crippen MR) is 65.2 cm³/mol. The van der Waals surface area contributed by atoms with E-state index < -0.39 is 0 Å². The Kier molecular flexibility index (Phi) is 4.18. The summed E-state index contributed by atoms with van der Waals surface area (Å²) in [5.41, 5.74) is 1.44. The second-order valence-corrected chi connectivity index (χ2v) is 3.72. The van der Waals surface area contributed by atoms with Gasteiger partial charge in [0, 0.05) is 0 Å². The van der Waals surface area contributed by atoms with Gasteiger partial charge in [-0.15, -0.1) is 0 Å². The van der Waals surface area contributed by atoms with Crippen molar-refractivity contribution in [2.24, 2.45) is 0 Å². The summed E-state index contributed by atoms with van der Waals surface area (Å²) in [5, 5.41) is 2.73. The van der Waals surface area contributed by atoms with Crippen LogP contribution in [0.1, 0.15) is 25.3 Å². The molecule has 0 atom stereocenters. The molecule has 0 saturated heterocycles. The third-order valence-electron chi connectivity index (χ3n) is 2.45. The van der Waals surface area contributed by atoms with Gasteiger partial charge in [0.1, 0.15) is 0 Å². The molecule has 1 heteroatoms. The zero-order valence-electron chi connectivity index (χ0n) is 8.12. The van der Waals surface area contributed by atoms with E-state index in [0.29, 0.717) is 5.92 Å². The standard InChI is InChI=1S/C13H14.Na.H/c1-10(2)12-9-5-7-11-6-3-4-8-13(11)12;;/h3-10H,1-2H3;;. The van der Waals surface area contributed by atoms with Crippen LogP contribution in [-0.4, -0.2) is 29.6 Å². The molecule has 0 nitrogen and oxygen atoms in total. The Morgan fingerprint density at radius 1 is 0.857 bits per heavy atom. The average Bonchev–Trinajstić information content (AvgIpc) is 2.17. The molecule has 2 aromatic rings. The van der Waals surface area contributed by atoms with Gasteiger partial charge < -0.3 is 0 Å². The summed E-state index contributed by atoms with van der Waals surface area (Å²) in [6, 6.07) is 15.1. The van der Waals surface area contributed by atoms with E-state index in [9.17, 15) is 0 Å². The summed E-state index contributed by atoms with van der Waals surface area (Å²) in [6.45, 7) is 4.48. The molecule has 0 unspecified atom stereocenters. The van der Waals surface area contributed by atoms with Crippen LogP contribution in [0, 0.1) is 0 Å². The SMILES string of the molecule is CC(C)c1cccc2ccccc12.[NaH]. The van der Waals surface area contributed by atoms with E-state index in [1.807, 2.05) is 0 Å². The molecule has 0 heterocycles. The van der Waals surface area contributed by atoms with Crippen LogP contribution in [0.15, 0.2) is 42.5 Å². The zero-order valence-corrected chi connectivity index (χ0v) is 8.12. The van der Waals surface area contributed by atoms with Gasteiger partial charge in [-0.3, -0.25) is 0 Å². The second-order valence-electron chi connectivity index (χ2n) is 3.72. The van der Waals surface area contributed by atoms with E-state index in [1.54, 1.807) is 0 Å². The van der Waals surface area contributed by atoms with Crippen molar-refractivity contribution < 1.29 is 0 Å². The van der Waals surface area contributed by atoms with Crippen molar-refractivity contribution >= 4 is 40.3 Å². The van der Waals surface area contributed by atoms with Gasteiger partial charge in [-0.2, -0.15) is 0 Å². The van der Waals surface area contributed by atoms with Gasteiger partial charge >= 0.3 is 29.6 Å². The van der Waals surface area contributed by atoms with E-state index >= 15 is 0 Å². The van der Waals surface area contributed by atoms with Crippen LogP contribution < -0.4 is 0 Å². The molecule has 14 heavy (non-hydrogen) atoms. The molecular weight excluding hydrogens is 179 g/mol. The van der Waals surface area contributed by atoms with Crippen molar-refractivity contribution in [1.29, 1.82) is 0 Å². The summed E-state index contributed by atoms with van der Waals surface area (Å²) in [6.07, 6.45) is 0. The van der Waals surface area contributed by atoms with Crippen LogP contribution in [0.4, 0.5) is 0 Å². The number of rotatable bonds is 1. The Labute approximate surface area is 108 Å². The summed E-state index contributed by atoms with van der Waals surface area (Å²) < 4.78 is 0. The second kappa shape index (κ2) is 4.97. The normalized spacial score (nSPS) is 10.2. The van der Waals surface area contributed by atoms with Gasteiger partial charge in [0.15, 0.2) is 0 Å². The van der Waals surface area contributed by atoms with Gasteiger partial charge in [0.05, 0.1) is 0 Å². The maximum atomic E-state index is 2.24.